The molecule has 0 radical (unpaired) electrons. The van der Waals surface area contributed by atoms with Crippen LogP contribution in [0.2, 0.25) is 0 Å². The molecule has 1 aromatic rings. The SMILES string of the molecule is COC(=O)c1ccc(C(=O)[O-])cc1.[Zn]. The van der Waals surface area contributed by atoms with E-state index in [9.17, 15) is 14.7 Å². The maximum Gasteiger partial charge on any atom is 0.337 e. The van der Waals surface area contributed by atoms with Crippen molar-refractivity contribution in [3.8, 4) is 0 Å². The molecule has 0 aliphatic heterocycles. The number of benzene rings is 1. The average Bonchev–Trinajstić information content (AvgIpc) is 2.17. The summed E-state index contributed by atoms with van der Waals surface area (Å²) in [6.07, 6.45) is 0. The van der Waals surface area contributed by atoms with Crippen molar-refractivity contribution in [2.75, 3.05) is 7.11 Å². The van der Waals surface area contributed by atoms with Gasteiger partial charge < -0.3 is 14.6 Å². The second-order valence-corrected chi connectivity index (χ2v) is 2.36. The Morgan fingerprint density at radius 2 is 1.57 bits per heavy atom. The van der Waals surface area contributed by atoms with E-state index in [2.05, 4.69) is 4.74 Å². The smallest absolute Gasteiger partial charge is 0.337 e. The molecule has 5 heteroatoms. The molecule has 1 rings (SSSR count). The van der Waals surface area contributed by atoms with Gasteiger partial charge in [-0.3, -0.25) is 0 Å². The van der Waals surface area contributed by atoms with Crippen LogP contribution in [0.15, 0.2) is 24.3 Å². The molecule has 0 heterocycles. The van der Waals surface area contributed by atoms with Crippen LogP contribution in [0.3, 0.4) is 0 Å². The standard InChI is InChI=1S/C9H8O4.Zn/c1-13-9(12)7-4-2-6(3-5-7)8(10)11;/h2-5H,1H3,(H,10,11);/p-1. The van der Waals surface area contributed by atoms with Gasteiger partial charge in [0.15, 0.2) is 0 Å². The molecule has 0 atom stereocenters. The van der Waals surface area contributed by atoms with Gasteiger partial charge in [0.1, 0.15) is 0 Å². The van der Waals surface area contributed by atoms with Crippen LogP contribution in [0.25, 0.3) is 0 Å². The number of carboxylic acids is 1. The predicted molar refractivity (Wildman–Crippen MR) is 42.1 cm³/mol. The summed E-state index contributed by atoms with van der Waals surface area (Å²) in [7, 11) is 1.26. The molecule has 0 amide bonds. The van der Waals surface area contributed by atoms with Gasteiger partial charge in [-0.2, -0.15) is 0 Å². The number of hydrogen-bond acceptors (Lipinski definition) is 4. The zero-order chi connectivity index (χ0) is 9.84. The van der Waals surface area contributed by atoms with E-state index in [-0.39, 0.29) is 25.0 Å². The van der Waals surface area contributed by atoms with Crippen molar-refractivity contribution in [1.82, 2.24) is 0 Å². The van der Waals surface area contributed by atoms with Crippen molar-refractivity contribution < 1.29 is 38.9 Å². The van der Waals surface area contributed by atoms with Gasteiger partial charge in [-0.1, -0.05) is 12.1 Å². The largest absolute Gasteiger partial charge is 0.545 e. The summed E-state index contributed by atoms with van der Waals surface area (Å²) in [5, 5.41) is 10.3. The zero-order valence-corrected chi connectivity index (χ0v) is 10.6. The molecule has 0 saturated heterocycles. The fraction of sp³-hybridized carbons (Fsp3) is 0.111. The Bertz CT molecular complexity index is 331. The van der Waals surface area contributed by atoms with Gasteiger partial charge in [0.05, 0.1) is 18.6 Å². The van der Waals surface area contributed by atoms with Crippen LogP contribution < -0.4 is 5.11 Å². The van der Waals surface area contributed by atoms with Crippen molar-refractivity contribution in [3.05, 3.63) is 35.4 Å². The Morgan fingerprint density at radius 1 is 1.14 bits per heavy atom. The Hall–Kier alpha value is -1.22. The number of carbonyl (C=O) groups is 2. The minimum absolute atomic E-state index is 0. The molecule has 14 heavy (non-hydrogen) atoms. The Balaban J connectivity index is 0.00000169. The minimum atomic E-state index is -1.27. The van der Waals surface area contributed by atoms with Gasteiger partial charge in [-0.15, -0.1) is 0 Å². The first-order valence-corrected chi connectivity index (χ1v) is 3.55. The van der Waals surface area contributed by atoms with E-state index >= 15 is 0 Å². The molecule has 0 saturated carbocycles. The van der Waals surface area contributed by atoms with Crippen LogP contribution in [0.5, 0.6) is 0 Å². The number of rotatable bonds is 2. The maximum atomic E-state index is 10.9. The number of carbonyl (C=O) groups excluding carboxylic acids is 2. The summed E-state index contributed by atoms with van der Waals surface area (Å²) >= 11 is 0. The number of carboxylic acid groups (broad SMARTS) is 1. The van der Waals surface area contributed by atoms with E-state index in [1.54, 1.807) is 0 Å². The first-order chi connectivity index (χ1) is 6.15. The summed E-state index contributed by atoms with van der Waals surface area (Å²) in [5.41, 5.74) is 0.347. The van der Waals surface area contributed by atoms with Crippen molar-refractivity contribution in [1.29, 1.82) is 0 Å². The molecule has 0 unspecified atom stereocenters. The average molecular weight is 245 g/mol. The fourth-order valence-corrected chi connectivity index (χ4v) is 0.860. The summed E-state index contributed by atoms with van der Waals surface area (Å²) in [6, 6.07) is 5.33. The molecule has 0 N–H and O–H groups in total. The molecule has 0 aromatic heterocycles. The molecule has 0 bridgehead atoms. The van der Waals surface area contributed by atoms with Gasteiger partial charge in [0.2, 0.25) is 0 Å². The number of esters is 1. The van der Waals surface area contributed by atoms with Crippen molar-refractivity contribution in [2.45, 2.75) is 0 Å². The fourth-order valence-electron chi connectivity index (χ4n) is 0.860. The van der Waals surface area contributed by atoms with Crippen LogP contribution in [0, 0.1) is 0 Å². The van der Waals surface area contributed by atoms with E-state index in [0.29, 0.717) is 5.56 Å². The minimum Gasteiger partial charge on any atom is -0.545 e. The molecule has 70 valence electrons. The van der Waals surface area contributed by atoms with E-state index in [0.717, 1.165) is 0 Å². The molecular formula is C9H7O4Zn-. The number of methoxy groups -OCH3 is 1. The summed E-state index contributed by atoms with van der Waals surface area (Å²) in [4.78, 5) is 21.2. The number of ether oxygens (including phenoxy) is 1. The summed E-state index contributed by atoms with van der Waals surface area (Å²) in [5.74, 6) is -1.76. The quantitative estimate of drug-likeness (QED) is 0.535. The van der Waals surface area contributed by atoms with Crippen LogP contribution in [-0.4, -0.2) is 19.0 Å². The first kappa shape index (κ1) is 12.8. The third kappa shape index (κ3) is 2.93. The van der Waals surface area contributed by atoms with E-state index in [4.69, 9.17) is 0 Å². The topological polar surface area (TPSA) is 66.4 Å². The van der Waals surface area contributed by atoms with Crippen LogP contribution in [0.4, 0.5) is 0 Å². The second-order valence-electron chi connectivity index (χ2n) is 2.36. The summed E-state index contributed by atoms with van der Waals surface area (Å²) in [6.45, 7) is 0. The van der Waals surface area contributed by atoms with Crippen molar-refractivity contribution in [3.63, 3.8) is 0 Å². The van der Waals surface area contributed by atoms with E-state index < -0.39 is 11.9 Å². The summed E-state index contributed by atoms with van der Waals surface area (Å²) < 4.78 is 4.43. The van der Waals surface area contributed by atoms with Crippen LogP contribution in [0.1, 0.15) is 20.7 Å². The third-order valence-electron chi connectivity index (χ3n) is 1.54. The Labute approximate surface area is 93.6 Å². The molecular weight excluding hydrogens is 237 g/mol. The van der Waals surface area contributed by atoms with Crippen LogP contribution >= 0.6 is 0 Å². The van der Waals surface area contributed by atoms with Gasteiger partial charge in [-0.25, -0.2) is 4.79 Å². The Kier molecular flexibility index (Phi) is 5.02. The van der Waals surface area contributed by atoms with E-state index in [1.165, 1.54) is 31.4 Å². The molecule has 0 fully saturated rings. The number of hydrogen-bond donors (Lipinski definition) is 0. The number of aromatic carboxylic acids is 1. The van der Waals surface area contributed by atoms with Crippen molar-refractivity contribution in [2.24, 2.45) is 0 Å². The molecule has 4 nitrogen and oxygen atoms in total. The molecule has 1 aromatic carbocycles. The first-order valence-electron chi connectivity index (χ1n) is 3.55. The predicted octanol–water partition coefficient (Wildman–Crippen LogP) is -0.166. The van der Waals surface area contributed by atoms with Gasteiger partial charge >= 0.3 is 5.97 Å². The molecule has 0 aliphatic carbocycles. The van der Waals surface area contributed by atoms with Crippen molar-refractivity contribution >= 4 is 11.9 Å². The Morgan fingerprint density at radius 3 is 1.93 bits per heavy atom. The monoisotopic (exact) mass is 243 g/mol. The van der Waals surface area contributed by atoms with Gasteiger partial charge in [0, 0.05) is 19.5 Å². The normalized spacial score (nSPS) is 8.64. The third-order valence-corrected chi connectivity index (χ3v) is 1.54. The second kappa shape index (κ2) is 5.50. The molecule has 0 spiro atoms. The van der Waals surface area contributed by atoms with Gasteiger partial charge in [0.25, 0.3) is 0 Å². The van der Waals surface area contributed by atoms with Crippen LogP contribution in [-0.2, 0) is 24.2 Å². The van der Waals surface area contributed by atoms with E-state index in [1.807, 2.05) is 0 Å². The molecule has 0 aliphatic rings. The van der Waals surface area contributed by atoms with Gasteiger partial charge in [-0.05, 0) is 17.7 Å². The maximum absolute atomic E-state index is 10.9. The zero-order valence-electron chi connectivity index (χ0n) is 7.65.